The molecule has 0 saturated heterocycles. The molecule has 0 fully saturated rings. The second kappa shape index (κ2) is 8.39. The number of esters is 1. The second-order valence-electron chi connectivity index (χ2n) is 7.03. The summed E-state index contributed by atoms with van der Waals surface area (Å²) < 4.78 is 11.2. The topological polar surface area (TPSA) is 116 Å². The molecule has 9 nitrogen and oxygen atoms in total. The Labute approximate surface area is 176 Å². The third-order valence-electron chi connectivity index (χ3n) is 5.08. The Bertz CT molecular complexity index is 1390. The van der Waals surface area contributed by atoms with Gasteiger partial charge in [0.25, 0.3) is 5.56 Å². The Morgan fingerprint density at radius 2 is 1.81 bits per heavy atom. The SMILES string of the molecule is COC(=O)CCc1ccc2c(=O)c3c(nnn3Cc3ccc(OC)cc3)c(=O)[nH]c2c1. The molecule has 0 aliphatic rings. The van der Waals surface area contributed by atoms with Crippen LogP contribution >= 0.6 is 0 Å². The average Bonchev–Trinajstić information content (AvgIpc) is 3.17. The Kier molecular flexibility index (Phi) is 5.48. The molecule has 0 amide bonds. The maximum absolute atomic E-state index is 13.3. The van der Waals surface area contributed by atoms with Crippen LogP contribution in [-0.2, 0) is 22.5 Å². The summed E-state index contributed by atoms with van der Waals surface area (Å²) in [6.07, 6.45) is 0.635. The van der Waals surface area contributed by atoms with Crippen LogP contribution in [-0.4, -0.2) is 40.2 Å². The number of aromatic amines is 1. The molecule has 158 valence electrons. The largest absolute Gasteiger partial charge is 0.497 e. The average molecular weight is 420 g/mol. The van der Waals surface area contributed by atoms with E-state index in [4.69, 9.17) is 4.74 Å². The zero-order valence-electron chi connectivity index (χ0n) is 17.0. The van der Waals surface area contributed by atoms with Gasteiger partial charge in [-0.05, 0) is 41.8 Å². The molecule has 31 heavy (non-hydrogen) atoms. The number of carbonyl (C=O) groups excluding carboxylic acids is 1. The Hall–Kier alpha value is -4.01. The van der Waals surface area contributed by atoms with E-state index in [9.17, 15) is 14.4 Å². The van der Waals surface area contributed by atoms with E-state index in [1.807, 2.05) is 24.3 Å². The maximum atomic E-state index is 13.3. The minimum atomic E-state index is -0.506. The smallest absolute Gasteiger partial charge is 0.305 e. The number of aryl methyl sites for hydroxylation is 1. The lowest BCUT2D eigenvalue weighted by atomic mass is 10.1. The fraction of sp³-hybridized carbons (Fsp3) is 0.227. The molecular formula is C22H20N4O5. The van der Waals surface area contributed by atoms with E-state index in [1.54, 1.807) is 25.3 Å². The lowest BCUT2D eigenvalue weighted by Gasteiger charge is -2.04. The Morgan fingerprint density at radius 3 is 2.52 bits per heavy atom. The minimum Gasteiger partial charge on any atom is -0.497 e. The summed E-state index contributed by atoms with van der Waals surface area (Å²) in [5.74, 6) is 0.388. The molecule has 1 N–H and O–H groups in total. The molecule has 2 aromatic carbocycles. The molecule has 0 atom stereocenters. The molecular weight excluding hydrogens is 400 g/mol. The highest BCUT2D eigenvalue weighted by atomic mass is 16.5. The number of rotatable bonds is 6. The fourth-order valence-corrected chi connectivity index (χ4v) is 3.41. The predicted octanol–water partition coefficient (Wildman–Crippen LogP) is 1.80. The van der Waals surface area contributed by atoms with Crippen LogP contribution in [0.1, 0.15) is 17.5 Å². The van der Waals surface area contributed by atoms with E-state index >= 15 is 0 Å². The van der Waals surface area contributed by atoms with Gasteiger partial charge in [0.1, 0.15) is 11.3 Å². The van der Waals surface area contributed by atoms with Crippen molar-refractivity contribution in [3.63, 3.8) is 0 Å². The molecule has 0 aliphatic carbocycles. The van der Waals surface area contributed by atoms with Gasteiger partial charge in [-0.3, -0.25) is 14.4 Å². The van der Waals surface area contributed by atoms with Crippen molar-refractivity contribution >= 4 is 27.9 Å². The zero-order chi connectivity index (χ0) is 22.0. The van der Waals surface area contributed by atoms with Gasteiger partial charge >= 0.3 is 5.97 Å². The van der Waals surface area contributed by atoms with Crippen LogP contribution < -0.4 is 15.7 Å². The van der Waals surface area contributed by atoms with Crippen molar-refractivity contribution in [1.29, 1.82) is 0 Å². The quantitative estimate of drug-likeness (QED) is 0.473. The van der Waals surface area contributed by atoms with Crippen molar-refractivity contribution in [3.05, 3.63) is 74.2 Å². The van der Waals surface area contributed by atoms with E-state index < -0.39 is 5.56 Å². The first kappa shape index (κ1) is 20.3. The number of carbonyl (C=O) groups is 1. The van der Waals surface area contributed by atoms with Crippen molar-refractivity contribution < 1.29 is 14.3 Å². The van der Waals surface area contributed by atoms with Crippen molar-refractivity contribution in [2.45, 2.75) is 19.4 Å². The summed E-state index contributed by atoms with van der Waals surface area (Å²) in [7, 11) is 2.92. The summed E-state index contributed by atoms with van der Waals surface area (Å²) in [6.45, 7) is 0.276. The van der Waals surface area contributed by atoms with Gasteiger partial charge in [-0.15, -0.1) is 5.10 Å². The van der Waals surface area contributed by atoms with Gasteiger partial charge < -0.3 is 14.5 Å². The van der Waals surface area contributed by atoms with Gasteiger partial charge in [0.2, 0.25) is 5.43 Å². The number of nitrogens with zero attached hydrogens (tertiary/aromatic N) is 3. The summed E-state index contributed by atoms with van der Waals surface area (Å²) in [4.78, 5) is 40.1. The first-order valence-electron chi connectivity index (χ1n) is 9.62. The molecule has 0 bridgehead atoms. The minimum absolute atomic E-state index is 0.0224. The molecule has 9 heteroatoms. The van der Waals surface area contributed by atoms with Crippen LogP contribution in [0.2, 0.25) is 0 Å². The van der Waals surface area contributed by atoms with Gasteiger partial charge in [-0.1, -0.05) is 23.4 Å². The van der Waals surface area contributed by atoms with Crippen LogP contribution in [0.15, 0.2) is 52.1 Å². The Morgan fingerprint density at radius 1 is 1.06 bits per heavy atom. The third kappa shape index (κ3) is 4.02. The van der Waals surface area contributed by atoms with Crippen LogP contribution in [0.3, 0.4) is 0 Å². The molecule has 4 rings (SSSR count). The lowest BCUT2D eigenvalue weighted by Crippen LogP contribution is -2.10. The maximum Gasteiger partial charge on any atom is 0.305 e. The first-order chi connectivity index (χ1) is 15.0. The summed E-state index contributed by atoms with van der Waals surface area (Å²) in [5.41, 5.74) is 1.32. The van der Waals surface area contributed by atoms with E-state index in [2.05, 4.69) is 20.0 Å². The van der Waals surface area contributed by atoms with E-state index in [1.165, 1.54) is 11.8 Å². The second-order valence-corrected chi connectivity index (χ2v) is 7.03. The number of H-pyrrole nitrogens is 1. The number of methoxy groups -OCH3 is 2. The summed E-state index contributed by atoms with van der Waals surface area (Å²) >= 11 is 0. The highest BCUT2D eigenvalue weighted by molar-refractivity contribution is 5.87. The highest BCUT2D eigenvalue weighted by Gasteiger charge is 2.15. The third-order valence-corrected chi connectivity index (χ3v) is 5.08. The summed E-state index contributed by atoms with van der Waals surface area (Å²) in [6, 6.07) is 12.4. The molecule has 0 saturated carbocycles. The molecule has 0 radical (unpaired) electrons. The van der Waals surface area contributed by atoms with Gasteiger partial charge in [0.05, 0.1) is 26.3 Å². The van der Waals surface area contributed by atoms with Crippen LogP contribution in [0, 0.1) is 0 Å². The number of hydrogen-bond acceptors (Lipinski definition) is 7. The molecule has 4 aromatic rings. The molecule has 0 aliphatic heterocycles. The monoisotopic (exact) mass is 420 g/mol. The standard InChI is InChI=1S/C22H20N4O5/c1-30-15-7-3-14(4-8-15)12-26-20-19(24-25-26)22(29)23-17-11-13(6-10-18(27)31-2)5-9-16(17)21(20)28/h3-5,7-9,11H,6,10,12H2,1-2H3,(H,23,29). The van der Waals surface area contributed by atoms with Gasteiger partial charge in [0, 0.05) is 11.8 Å². The highest BCUT2D eigenvalue weighted by Crippen LogP contribution is 2.15. The number of benzene rings is 2. The van der Waals surface area contributed by atoms with Crippen molar-refractivity contribution in [3.8, 4) is 5.75 Å². The zero-order valence-corrected chi connectivity index (χ0v) is 17.0. The van der Waals surface area contributed by atoms with Crippen LogP contribution in [0.25, 0.3) is 21.9 Å². The van der Waals surface area contributed by atoms with E-state index in [-0.39, 0.29) is 35.4 Å². The molecule has 0 spiro atoms. The van der Waals surface area contributed by atoms with Gasteiger partial charge in [0.15, 0.2) is 5.52 Å². The van der Waals surface area contributed by atoms with Crippen molar-refractivity contribution in [2.75, 3.05) is 14.2 Å². The number of fused-ring (bicyclic) bond motifs is 2. The Balaban J connectivity index is 1.80. The number of aromatic nitrogens is 4. The molecule has 2 aromatic heterocycles. The van der Waals surface area contributed by atoms with Crippen molar-refractivity contribution in [1.82, 2.24) is 20.0 Å². The van der Waals surface area contributed by atoms with Crippen LogP contribution in [0.5, 0.6) is 5.75 Å². The van der Waals surface area contributed by atoms with E-state index in [0.29, 0.717) is 23.1 Å². The summed E-state index contributed by atoms with van der Waals surface area (Å²) in [5, 5.41) is 8.32. The molecule has 0 unspecified atom stereocenters. The molecule has 2 heterocycles. The number of nitrogens with one attached hydrogen (secondary N) is 1. The first-order valence-corrected chi connectivity index (χ1v) is 9.62. The van der Waals surface area contributed by atoms with Crippen molar-refractivity contribution in [2.24, 2.45) is 0 Å². The number of hydrogen-bond donors (Lipinski definition) is 1. The lowest BCUT2D eigenvalue weighted by molar-refractivity contribution is -0.140. The number of ether oxygens (including phenoxy) is 2. The van der Waals surface area contributed by atoms with Crippen LogP contribution in [0.4, 0.5) is 0 Å². The normalized spacial score (nSPS) is 11.0. The predicted molar refractivity (Wildman–Crippen MR) is 114 cm³/mol. The fourth-order valence-electron chi connectivity index (χ4n) is 3.41. The van der Waals surface area contributed by atoms with Gasteiger partial charge in [-0.25, -0.2) is 4.68 Å². The van der Waals surface area contributed by atoms with E-state index in [0.717, 1.165) is 11.1 Å². The van der Waals surface area contributed by atoms with Gasteiger partial charge in [-0.2, -0.15) is 0 Å².